The molecule has 0 radical (unpaired) electrons. The third-order valence-corrected chi connectivity index (χ3v) is 1.68. The highest BCUT2D eigenvalue weighted by atomic mass is 16.4. The molecule has 0 unspecified atom stereocenters. The van der Waals surface area contributed by atoms with E-state index >= 15 is 0 Å². The maximum atomic E-state index is 10.7. The monoisotopic (exact) mass is 181 g/mol. The molecule has 70 valence electrons. The Morgan fingerprint density at radius 3 is 2.92 bits per heavy atom. The van der Waals surface area contributed by atoms with E-state index in [2.05, 4.69) is 16.9 Å². The highest BCUT2D eigenvalue weighted by molar-refractivity contribution is 5.86. The van der Waals surface area contributed by atoms with Crippen LogP contribution in [-0.4, -0.2) is 26.1 Å². The SMILES string of the molecule is C=CCn1nnc(C(=O)O)c1CC. The number of aromatic carboxylic acids is 1. The average molecular weight is 181 g/mol. The Labute approximate surface area is 75.7 Å². The van der Waals surface area contributed by atoms with Crippen LogP contribution in [0.2, 0.25) is 0 Å². The van der Waals surface area contributed by atoms with Crippen LogP contribution >= 0.6 is 0 Å². The zero-order valence-corrected chi connectivity index (χ0v) is 7.40. The van der Waals surface area contributed by atoms with E-state index < -0.39 is 5.97 Å². The van der Waals surface area contributed by atoms with Crippen LogP contribution in [-0.2, 0) is 13.0 Å². The minimum Gasteiger partial charge on any atom is -0.476 e. The molecule has 0 spiro atoms. The molecule has 0 atom stereocenters. The minimum atomic E-state index is -1.04. The lowest BCUT2D eigenvalue weighted by molar-refractivity contribution is 0.0689. The molecular formula is C8H11N3O2. The maximum Gasteiger partial charge on any atom is 0.358 e. The molecule has 0 aliphatic carbocycles. The summed E-state index contributed by atoms with van der Waals surface area (Å²) < 4.78 is 1.54. The summed E-state index contributed by atoms with van der Waals surface area (Å²) in [6.45, 7) is 5.90. The standard InChI is InChI=1S/C8H11N3O2/c1-3-5-11-6(4-2)7(8(12)13)9-10-11/h3H,1,4-5H2,2H3,(H,12,13). The van der Waals surface area contributed by atoms with Crippen molar-refractivity contribution in [3.63, 3.8) is 0 Å². The molecule has 0 amide bonds. The van der Waals surface area contributed by atoms with Crippen molar-refractivity contribution in [3.05, 3.63) is 24.0 Å². The van der Waals surface area contributed by atoms with E-state index in [1.807, 2.05) is 6.92 Å². The van der Waals surface area contributed by atoms with Crippen molar-refractivity contribution in [2.75, 3.05) is 0 Å². The molecule has 0 saturated carbocycles. The summed E-state index contributed by atoms with van der Waals surface area (Å²) in [4.78, 5) is 10.7. The van der Waals surface area contributed by atoms with Gasteiger partial charge in [-0.1, -0.05) is 18.2 Å². The Balaban J connectivity index is 3.09. The maximum absolute atomic E-state index is 10.7. The van der Waals surface area contributed by atoms with Gasteiger partial charge in [-0.15, -0.1) is 11.7 Å². The van der Waals surface area contributed by atoms with Crippen LogP contribution in [0.1, 0.15) is 23.1 Å². The van der Waals surface area contributed by atoms with Gasteiger partial charge < -0.3 is 5.11 Å². The van der Waals surface area contributed by atoms with Crippen LogP contribution < -0.4 is 0 Å². The van der Waals surface area contributed by atoms with Crippen molar-refractivity contribution in [2.45, 2.75) is 19.9 Å². The van der Waals surface area contributed by atoms with Crippen LogP contribution in [0, 0.1) is 0 Å². The van der Waals surface area contributed by atoms with Gasteiger partial charge in [0.15, 0.2) is 5.69 Å². The van der Waals surface area contributed by atoms with Gasteiger partial charge in [0, 0.05) is 0 Å². The lowest BCUT2D eigenvalue weighted by Crippen LogP contribution is -2.06. The van der Waals surface area contributed by atoms with Gasteiger partial charge in [0.05, 0.1) is 12.2 Å². The van der Waals surface area contributed by atoms with Crippen molar-refractivity contribution in [1.29, 1.82) is 0 Å². The van der Waals surface area contributed by atoms with Crippen molar-refractivity contribution >= 4 is 5.97 Å². The first-order valence-corrected chi connectivity index (χ1v) is 3.97. The molecule has 0 aromatic carbocycles. The number of allylic oxidation sites excluding steroid dienone is 1. The Morgan fingerprint density at radius 1 is 1.77 bits per heavy atom. The van der Waals surface area contributed by atoms with Gasteiger partial charge in [0.1, 0.15) is 0 Å². The molecule has 1 N–H and O–H groups in total. The quantitative estimate of drug-likeness (QED) is 0.695. The third kappa shape index (κ3) is 1.74. The smallest absolute Gasteiger partial charge is 0.358 e. The summed E-state index contributed by atoms with van der Waals surface area (Å²) in [7, 11) is 0. The lowest BCUT2D eigenvalue weighted by atomic mass is 10.2. The number of hydrogen-bond donors (Lipinski definition) is 1. The Hall–Kier alpha value is -1.65. The highest BCUT2D eigenvalue weighted by Gasteiger charge is 2.16. The summed E-state index contributed by atoms with van der Waals surface area (Å²) in [5.41, 5.74) is 0.664. The van der Waals surface area contributed by atoms with Gasteiger partial charge in [0.25, 0.3) is 0 Å². The highest BCUT2D eigenvalue weighted by Crippen LogP contribution is 2.06. The van der Waals surface area contributed by atoms with E-state index in [1.54, 1.807) is 6.08 Å². The largest absolute Gasteiger partial charge is 0.476 e. The van der Waals surface area contributed by atoms with Gasteiger partial charge in [-0.2, -0.15) is 0 Å². The molecule has 0 fully saturated rings. The number of rotatable bonds is 4. The molecule has 0 bridgehead atoms. The van der Waals surface area contributed by atoms with Crippen molar-refractivity contribution in [3.8, 4) is 0 Å². The Bertz CT molecular complexity index is 330. The number of nitrogens with zero attached hydrogens (tertiary/aromatic N) is 3. The van der Waals surface area contributed by atoms with Gasteiger partial charge in [-0.05, 0) is 6.42 Å². The lowest BCUT2D eigenvalue weighted by Gasteiger charge is -1.99. The van der Waals surface area contributed by atoms with Gasteiger partial charge >= 0.3 is 5.97 Å². The van der Waals surface area contributed by atoms with E-state index in [9.17, 15) is 4.79 Å². The van der Waals surface area contributed by atoms with E-state index in [-0.39, 0.29) is 5.69 Å². The molecular weight excluding hydrogens is 170 g/mol. The third-order valence-electron chi connectivity index (χ3n) is 1.68. The molecule has 1 rings (SSSR count). The zero-order valence-electron chi connectivity index (χ0n) is 7.40. The average Bonchev–Trinajstić information content (AvgIpc) is 2.48. The molecule has 1 aromatic rings. The van der Waals surface area contributed by atoms with Crippen LogP contribution in [0.15, 0.2) is 12.7 Å². The molecule has 0 saturated heterocycles. The zero-order chi connectivity index (χ0) is 9.84. The van der Waals surface area contributed by atoms with Crippen molar-refractivity contribution < 1.29 is 9.90 Å². The van der Waals surface area contributed by atoms with Gasteiger partial charge in [-0.25, -0.2) is 9.48 Å². The summed E-state index contributed by atoms with van der Waals surface area (Å²) in [5.74, 6) is -1.04. The molecule has 1 aromatic heterocycles. The second kappa shape index (κ2) is 3.84. The predicted molar refractivity (Wildman–Crippen MR) is 46.6 cm³/mol. The normalized spacial score (nSPS) is 9.92. The first-order valence-electron chi connectivity index (χ1n) is 3.97. The van der Waals surface area contributed by atoms with E-state index in [4.69, 9.17) is 5.11 Å². The topological polar surface area (TPSA) is 68.0 Å². The molecule has 0 aliphatic rings. The number of hydrogen-bond acceptors (Lipinski definition) is 3. The number of carboxylic acids is 1. The van der Waals surface area contributed by atoms with Gasteiger partial charge in [-0.3, -0.25) is 0 Å². The number of carbonyl (C=O) groups is 1. The van der Waals surface area contributed by atoms with E-state index in [1.165, 1.54) is 4.68 Å². The first kappa shape index (κ1) is 9.44. The summed E-state index contributed by atoms with van der Waals surface area (Å²) in [6, 6.07) is 0. The Morgan fingerprint density at radius 2 is 2.46 bits per heavy atom. The fourth-order valence-electron chi connectivity index (χ4n) is 1.12. The van der Waals surface area contributed by atoms with Crippen molar-refractivity contribution in [2.24, 2.45) is 0 Å². The minimum absolute atomic E-state index is 0.0318. The van der Waals surface area contributed by atoms with Crippen molar-refractivity contribution in [1.82, 2.24) is 15.0 Å². The second-order valence-electron chi connectivity index (χ2n) is 2.51. The first-order chi connectivity index (χ1) is 6.20. The number of carboxylic acid groups (broad SMARTS) is 1. The fourth-order valence-corrected chi connectivity index (χ4v) is 1.12. The summed E-state index contributed by atoms with van der Waals surface area (Å²) >= 11 is 0. The fraction of sp³-hybridized carbons (Fsp3) is 0.375. The molecule has 5 heteroatoms. The second-order valence-corrected chi connectivity index (χ2v) is 2.51. The van der Waals surface area contributed by atoms with Gasteiger partial charge in [0.2, 0.25) is 0 Å². The van der Waals surface area contributed by atoms with E-state index in [0.29, 0.717) is 18.7 Å². The number of aromatic nitrogens is 3. The van der Waals surface area contributed by atoms with Crippen LogP contribution in [0.3, 0.4) is 0 Å². The summed E-state index contributed by atoms with van der Waals surface area (Å²) in [5, 5.41) is 16.0. The predicted octanol–water partition coefficient (Wildman–Crippen LogP) is 0.725. The van der Waals surface area contributed by atoms with Crippen LogP contribution in [0.4, 0.5) is 0 Å². The van der Waals surface area contributed by atoms with E-state index in [0.717, 1.165) is 0 Å². The van der Waals surface area contributed by atoms with Crippen LogP contribution in [0.5, 0.6) is 0 Å². The summed E-state index contributed by atoms with van der Waals surface area (Å²) in [6.07, 6.45) is 2.25. The molecule has 1 heterocycles. The molecule has 0 aliphatic heterocycles. The molecule has 5 nitrogen and oxygen atoms in total. The van der Waals surface area contributed by atoms with Crippen LogP contribution in [0.25, 0.3) is 0 Å². The Kier molecular flexibility index (Phi) is 2.79. The molecule has 13 heavy (non-hydrogen) atoms.